The number of nitro groups is 1. The van der Waals surface area contributed by atoms with Crippen molar-refractivity contribution in [1.82, 2.24) is 9.55 Å². The topological polar surface area (TPSA) is 124 Å². The molecule has 0 amide bonds. The van der Waals surface area contributed by atoms with Crippen LogP contribution >= 0.6 is 0 Å². The van der Waals surface area contributed by atoms with Gasteiger partial charge in [0.15, 0.2) is 0 Å². The summed E-state index contributed by atoms with van der Waals surface area (Å²) < 4.78 is 1.78. The molecule has 0 saturated heterocycles. The number of nitro benzene ring substituents is 1. The molecule has 8 nitrogen and oxygen atoms in total. The summed E-state index contributed by atoms with van der Waals surface area (Å²) in [5.41, 5.74) is 7.75. The Morgan fingerprint density at radius 1 is 1.55 bits per heavy atom. The third-order valence-corrected chi connectivity index (χ3v) is 3.36. The zero-order valence-electron chi connectivity index (χ0n) is 12.0. The van der Waals surface area contributed by atoms with E-state index in [9.17, 15) is 14.9 Å². The molecule has 0 bridgehead atoms. The third-order valence-electron chi connectivity index (χ3n) is 3.36. The van der Waals surface area contributed by atoms with Gasteiger partial charge >= 0.3 is 5.97 Å². The molecule has 1 unspecified atom stereocenters. The van der Waals surface area contributed by atoms with Crippen LogP contribution in [-0.4, -0.2) is 31.6 Å². The van der Waals surface area contributed by atoms with E-state index >= 15 is 0 Å². The maximum absolute atomic E-state index is 10.8. The quantitative estimate of drug-likeness (QED) is 0.608. The summed E-state index contributed by atoms with van der Waals surface area (Å²) in [4.78, 5) is 25.2. The molecule has 1 aromatic heterocycles. The van der Waals surface area contributed by atoms with Gasteiger partial charge in [-0.1, -0.05) is 6.07 Å². The van der Waals surface area contributed by atoms with Crippen molar-refractivity contribution in [2.75, 3.05) is 0 Å². The molecular weight excluding hydrogens is 288 g/mol. The second-order valence-electron chi connectivity index (χ2n) is 5.04. The fraction of sp³-hybridized carbons (Fsp3) is 0.286. The van der Waals surface area contributed by atoms with Crippen LogP contribution in [0.3, 0.4) is 0 Å². The molecule has 0 radical (unpaired) electrons. The normalized spacial score (nSPS) is 12.1. The van der Waals surface area contributed by atoms with E-state index in [1.165, 1.54) is 6.07 Å². The van der Waals surface area contributed by atoms with E-state index in [1.54, 1.807) is 36.1 Å². The number of aliphatic carboxylic acids is 1. The minimum absolute atomic E-state index is 0.0718. The summed E-state index contributed by atoms with van der Waals surface area (Å²) >= 11 is 0. The molecule has 0 fully saturated rings. The van der Waals surface area contributed by atoms with Gasteiger partial charge < -0.3 is 15.4 Å². The molecule has 1 aromatic carbocycles. The Kier molecular flexibility index (Phi) is 4.52. The molecular formula is C14H16N4O4. The molecule has 116 valence electrons. The average Bonchev–Trinajstić information content (AvgIpc) is 2.85. The molecule has 1 atom stereocenters. The Hall–Kier alpha value is -2.74. The van der Waals surface area contributed by atoms with Crippen LogP contribution in [0.15, 0.2) is 30.7 Å². The first-order chi connectivity index (χ1) is 10.4. The third kappa shape index (κ3) is 3.47. The second kappa shape index (κ2) is 6.35. The zero-order chi connectivity index (χ0) is 16.3. The van der Waals surface area contributed by atoms with Gasteiger partial charge in [-0.3, -0.25) is 14.9 Å². The number of hydrogen-bond donors (Lipinski definition) is 2. The van der Waals surface area contributed by atoms with Gasteiger partial charge in [-0.15, -0.1) is 0 Å². The maximum Gasteiger partial charge on any atom is 0.320 e. The number of nitrogens with two attached hydrogens (primary N) is 1. The molecule has 0 spiro atoms. The molecule has 0 aliphatic heterocycles. The highest BCUT2D eigenvalue weighted by atomic mass is 16.6. The van der Waals surface area contributed by atoms with E-state index < -0.39 is 16.9 Å². The Bertz CT molecular complexity index is 711. The number of hydrogen-bond acceptors (Lipinski definition) is 5. The fourth-order valence-electron chi connectivity index (χ4n) is 2.19. The average molecular weight is 304 g/mol. The Labute approximate surface area is 126 Å². The fourth-order valence-corrected chi connectivity index (χ4v) is 2.19. The molecule has 0 aliphatic carbocycles. The number of aromatic nitrogens is 2. The van der Waals surface area contributed by atoms with Crippen LogP contribution in [0.1, 0.15) is 16.8 Å². The lowest BCUT2D eigenvalue weighted by molar-refractivity contribution is -0.385. The monoisotopic (exact) mass is 304 g/mol. The van der Waals surface area contributed by atoms with Crippen molar-refractivity contribution in [3.8, 4) is 0 Å². The van der Waals surface area contributed by atoms with Crippen LogP contribution in [-0.2, 0) is 17.8 Å². The number of imidazole rings is 1. The van der Waals surface area contributed by atoms with Crippen molar-refractivity contribution in [1.29, 1.82) is 0 Å². The highest BCUT2D eigenvalue weighted by molar-refractivity contribution is 5.73. The molecule has 0 aliphatic rings. The van der Waals surface area contributed by atoms with Crippen molar-refractivity contribution in [2.24, 2.45) is 5.73 Å². The second-order valence-corrected chi connectivity index (χ2v) is 5.04. The van der Waals surface area contributed by atoms with E-state index in [1.807, 2.05) is 0 Å². The summed E-state index contributed by atoms with van der Waals surface area (Å²) in [5.74, 6) is -1.07. The lowest BCUT2D eigenvalue weighted by Crippen LogP contribution is -2.33. The van der Waals surface area contributed by atoms with Gasteiger partial charge in [0.1, 0.15) is 6.04 Å². The molecule has 8 heteroatoms. The van der Waals surface area contributed by atoms with Crippen molar-refractivity contribution >= 4 is 11.7 Å². The van der Waals surface area contributed by atoms with Gasteiger partial charge in [0.2, 0.25) is 0 Å². The number of carbonyl (C=O) groups is 1. The predicted molar refractivity (Wildman–Crippen MR) is 78.5 cm³/mol. The van der Waals surface area contributed by atoms with Crippen LogP contribution in [0.5, 0.6) is 0 Å². The first-order valence-corrected chi connectivity index (χ1v) is 6.59. The van der Waals surface area contributed by atoms with Gasteiger partial charge in [0.25, 0.3) is 5.69 Å². The summed E-state index contributed by atoms with van der Waals surface area (Å²) in [6.45, 7) is 2.12. The first kappa shape index (κ1) is 15.6. The minimum atomic E-state index is -1.07. The summed E-state index contributed by atoms with van der Waals surface area (Å²) in [7, 11) is 0. The summed E-state index contributed by atoms with van der Waals surface area (Å²) in [5, 5.41) is 19.7. The largest absolute Gasteiger partial charge is 0.480 e. The van der Waals surface area contributed by atoms with Crippen molar-refractivity contribution < 1.29 is 14.8 Å². The minimum Gasteiger partial charge on any atom is -0.480 e. The predicted octanol–water partition coefficient (Wildman–Crippen LogP) is 1.10. The van der Waals surface area contributed by atoms with Crippen LogP contribution in [0.25, 0.3) is 0 Å². The van der Waals surface area contributed by atoms with Crippen LogP contribution in [0, 0.1) is 17.0 Å². The Morgan fingerprint density at radius 3 is 2.86 bits per heavy atom. The molecule has 22 heavy (non-hydrogen) atoms. The first-order valence-electron chi connectivity index (χ1n) is 6.59. The lowest BCUT2D eigenvalue weighted by atomic mass is 10.1. The smallest absolute Gasteiger partial charge is 0.320 e. The van der Waals surface area contributed by atoms with Crippen molar-refractivity contribution in [3.63, 3.8) is 0 Å². The van der Waals surface area contributed by atoms with Crippen LogP contribution < -0.4 is 5.73 Å². The van der Waals surface area contributed by atoms with E-state index in [-0.39, 0.29) is 12.1 Å². The lowest BCUT2D eigenvalue weighted by Gasteiger charge is -2.11. The van der Waals surface area contributed by atoms with Gasteiger partial charge in [0, 0.05) is 36.5 Å². The zero-order valence-corrected chi connectivity index (χ0v) is 12.0. The van der Waals surface area contributed by atoms with E-state index in [0.29, 0.717) is 17.8 Å². The van der Waals surface area contributed by atoms with Crippen molar-refractivity contribution in [2.45, 2.75) is 25.9 Å². The van der Waals surface area contributed by atoms with Crippen molar-refractivity contribution in [3.05, 3.63) is 57.7 Å². The number of carboxylic acids is 1. The number of aryl methyl sites for hydroxylation is 1. The SMILES string of the molecule is Cc1cc(Cn2cncc2CC(N)C(=O)O)ccc1[N+](=O)[O-]. The molecule has 0 saturated carbocycles. The Balaban J connectivity index is 2.18. The molecule has 3 N–H and O–H groups in total. The molecule has 2 aromatic rings. The highest BCUT2D eigenvalue weighted by Gasteiger charge is 2.15. The van der Waals surface area contributed by atoms with Gasteiger partial charge in [0.05, 0.1) is 11.3 Å². The van der Waals surface area contributed by atoms with Crippen LogP contribution in [0.2, 0.25) is 0 Å². The van der Waals surface area contributed by atoms with E-state index in [0.717, 1.165) is 5.56 Å². The van der Waals surface area contributed by atoms with Crippen LogP contribution in [0.4, 0.5) is 5.69 Å². The number of rotatable bonds is 6. The number of nitrogens with zero attached hydrogens (tertiary/aromatic N) is 3. The van der Waals surface area contributed by atoms with E-state index in [2.05, 4.69) is 4.98 Å². The molecule has 2 rings (SSSR count). The highest BCUT2D eigenvalue weighted by Crippen LogP contribution is 2.19. The molecule has 1 heterocycles. The summed E-state index contributed by atoms with van der Waals surface area (Å²) in [6.07, 6.45) is 3.32. The van der Waals surface area contributed by atoms with E-state index in [4.69, 9.17) is 10.8 Å². The Morgan fingerprint density at radius 2 is 2.27 bits per heavy atom. The van der Waals surface area contributed by atoms with Gasteiger partial charge in [-0.05, 0) is 18.6 Å². The number of carboxylic acid groups (broad SMARTS) is 1. The standard InChI is InChI=1S/C14H16N4O4/c1-9-4-10(2-3-13(9)18(21)22)7-17-8-16-6-11(17)5-12(15)14(19)20/h2-4,6,8,12H,5,7,15H2,1H3,(H,19,20). The maximum atomic E-state index is 10.8. The van der Waals surface area contributed by atoms with Gasteiger partial charge in [-0.25, -0.2) is 4.98 Å². The summed E-state index contributed by atoms with van der Waals surface area (Å²) in [6, 6.07) is 3.88. The van der Waals surface area contributed by atoms with Gasteiger partial charge in [-0.2, -0.15) is 0 Å². The number of benzene rings is 1.